The third-order valence-electron chi connectivity index (χ3n) is 5.42. The molecule has 0 spiro atoms. The summed E-state index contributed by atoms with van der Waals surface area (Å²) < 4.78 is 28.0. The first kappa shape index (κ1) is 23.3. The minimum absolute atomic E-state index is 0.111. The molecule has 3 rings (SSSR count). The molecule has 1 aliphatic rings. The molecule has 0 bridgehead atoms. The molecule has 166 valence electrons. The number of rotatable bonds is 6. The molecule has 2 aromatic rings. The van der Waals surface area contributed by atoms with E-state index in [1.807, 2.05) is 6.92 Å². The Bertz CT molecular complexity index is 1060. The second kappa shape index (κ2) is 10.3. The second-order valence-corrected chi connectivity index (χ2v) is 10.1. The van der Waals surface area contributed by atoms with Crippen LogP contribution in [-0.2, 0) is 14.8 Å². The number of nitrogens with zero attached hydrogens (tertiary/aromatic N) is 2. The Morgan fingerprint density at radius 2 is 1.68 bits per heavy atom. The highest BCUT2D eigenvalue weighted by Gasteiger charge is 2.28. The first-order valence-corrected chi connectivity index (χ1v) is 12.3. The number of hydrogen-bond acceptors (Lipinski definition) is 4. The van der Waals surface area contributed by atoms with E-state index >= 15 is 0 Å². The Balaban J connectivity index is 1.90. The monoisotopic (exact) mass is 461 g/mol. The molecule has 0 unspecified atom stereocenters. The molecule has 0 aromatic heterocycles. The van der Waals surface area contributed by atoms with Gasteiger partial charge in [-0.05, 0) is 69.4 Å². The van der Waals surface area contributed by atoms with Gasteiger partial charge in [0.2, 0.25) is 0 Å². The fraction of sp³-hybridized carbons (Fsp3) is 0.391. The highest BCUT2D eigenvalue weighted by Crippen LogP contribution is 2.30. The van der Waals surface area contributed by atoms with Crippen molar-refractivity contribution in [1.29, 1.82) is 0 Å². The molecule has 0 radical (unpaired) electrons. The molecule has 0 heterocycles. The lowest BCUT2D eigenvalue weighted by molar-refractivity contribution is -0.119. The van der Waals surface area contributed by atoms with Crippen LogP contribution < -0.4 is 9.73 Å². The van der Waals surface area contributed by atoms with E-state index in [1.54, 1.807) is 49.4 Å². The minimum atomic E-state index is -3.99. The van der Waals surface area contributed by atoms with Crippen LogP contribution in [0, 0.1) is 13.8 Å². The maximum atomic E-state index is 13.5. The van der Waals surface area contributed by atoms with Gasteiger partial charge in [-0.1, -0.05) is 48.2 Å². The molecular formula is C23H28ClN3O3S. The summed E-state index contributed by atoms with van der Waals surface area (Å²) in [6.45, 7) is 3.22. The Kier molecular flexibility index (Phi) is 7.73. The molecule has 1 aliphatic carbocycles. The normalized spacial score (nSPS) is 14.6. The number of nitrogens with one attached hydrogen (secondary N) is 1. The molecule has 0 aliphatic heterocycles. The molecule has 1 N–H and O–H groups in total. The number of benzene rings is 2. The van der Waals surface area contributed by atoms with Crippen LogP contribution in [0.25, 0.3) is 0 Å². The van der Waals surface area contributed by atoms with E-state index in [9.17, 15) is 13.2 Å². The lowest BCUT2D eigenvalue weighted by Crippen LogP contribution is -2.40. The lowest BCUT2D eigenvalue weighted by Gasteiger charge is -2.25. The minimum Gasteiger partial charge on any atom is -0.271 e. The van der Waals surface area contributed by atoms with Gasteiger partial charge in [0.25, 0.3) is 15.9 Å². The van der Waals surface area contributed by atoms with E-state index < -0.39 is 22.5 Å². The van der Waals surface area contributed by atoms with Gasteiger partial charge >= 0.3 is 0 Å². The maximum absolute atomic E-state index is 13.5. The molecular weight excluding hydrogens is 434 g/mol. The highest BCUT2D eigenvalue weighted by molar-refractivity contribution is 7.92. The van der Waals surface area contributed by atoms with Crippen molar-refractivity contribution in [1.82, 2.24) is 5.43 Å². The molecule has 1 saturated carbocycles. The summed E-state index contributed by atoms with van der Waals surface area (Å²) in [5, 5.41) is 4.70. The zero-order valence-electron chi connectivity index (χ0n) is 17.9. The summed E-state index contributed by atoms with van der Waals surface area (Å²) in [4.78, 5) is 12.8. The molecule has 2 aromatic carbocycles. The van der Waals surface area contributed by atoms with Crippen molar-refractivity contribution in [2.45, 2.75) is 57.3 Å². The fourth-order valence-corrected chi connectivity index (χ4v) is 5.21. The summed E-state index contributed by atoms with van der Waals surface area (Å²) in [5.74, 6) is -0.494. The van der Waals surface area contributed by atoms with Gasteiger partial charge in [-0.3, -0.25) is 9.10 Å². The molecule has 0 atom stereocenters. The molecule has 31 heavy (non-hydrogen) atoms. The van der Waals surface area contributed by atoms with Crippen molar-refractivity contribution in [2.24, 2.45) is 5.10 Å². The average Bonchev–Trinajstić information content (AvgIpc) is 3.02. The quantitative estimate of drug-likeness (QED) is 0.486. The van der Waals surface area contributed by atoms with Gasteiger partial charge in [-0.15, -0.1) is 0 Å². The Morgan fingerprint density at radius 3 is 2.32 bits per heavy atom. The van der Waals surface area contributed by atoms with Crippen molar-refractivity contribution < 1.29 is 13.2 Å². The summed E-state index contributed by atoms with van der Waals surface area (Å²) in [5.41, 5.74) is 5.41. The standard InChI is InChI=1S/C23H28ClN3O3S/c1-17-12-14-20(15-13-17)31(29,30)27(22-11-7-10-21(24)18(22)2)16-23(28)26-25-19-8-5-3-4-6-9-19/h7,10-15H,3-6,8-9,16H2,1-2H3,(H,26,28). The van der Waals surface area contributed by atoms with Crippen LogP contribution in [0.2, 0.25) is 5.02 Å². The SMILES string of the molecule is Cc1ccc(S(=O)(=O)N(CC(=O)NN=C2CCCCCC2)c2cccc(Cl)c2C)cc1. The topological polar surface area (TPSA) is 78.8 Å². The number of aryl methyl sites for hydroxylation is 1. The van der Waals surface area contributed by atoms with Gasteiger partial charge in [0.05, 0.1) is 10.6 Å². The van der Waals surface area contributed by atoms with Crippen molar-refractivity contribution >= 4 is 38.9 Å². The maximum Gasteiger partial charge on any atom is 0.264 e. The largest absolute Gasteiger partial charge is 0.271 e. The van der Waals surface area contributed by atoms with Crippen LogP contribution in [0.1, 0.15) is 49.7 Å². The number of sulfonamides is 1. The fourth-order valence-electron chi connectivity index (χ4n) is 3.56. The van der Waals surface area contributed by atoms with E-state index in [2.05, 4.69) is 10.5 Å². The average molecular weight is 462 g/mol. The third kappa shape index (κ3) is 5.86. The zero-order valence-corrected chi connectivity index (χ0v) is 19.5. The molecule has 1 amide bonds. The van der Waals surface area contributed by atoms with Gasteiger partial charge in [0, 0.05) is 10.7 Å². The summed E-state index contributed by atoms with van der Waals surface area (Å²) in [6, 6.07) is 11.6. The molecule has 0 saturated heterocycles. The first-order chi connectivity index (χ1) is 14.8. The summed E-state index contributed by atoms with van der Waals surface area (Å²) in [6.07, 6.45) is 6.18. The van der Waals surface area contributed by atoms with Crippen LogP contribution in [0.4, 0.5) is 5.69 Å². The van der Waals surface area contributed by atoms with E-state index in [0.29, 0.717) is 16.3 Å². The molecule has 6 nitrogen and oxygen atoms in total. The molecule has 8 heteroatoms. The van der Waals surface area contributed by atoms with Gasteiger partial charge < -0.3 is 0 Å². The van der Waals surface area contributed by atoms with E-state index in [0.717, 1.165) is 41.3 Å². The number of hydrazone groups is 1. The number of hydrogen-bond donors (Lipinski definition) is 1. The van der Waals surface area contributed by atoms with Gasteiger partial charge in [-0.2, -0.15) is 5.10 Å². The predicted octanol–water partition coefficient (Wildman–Crippen LogP) is 4.98. The lowest BCUT2D eigenvalue weighted by atomic mass is 10.2. The van der Waals surface area contributed by atoms with E-state index in [1.165, 1.54) is 12.8 Å². The number of anilines is 1. The highest BCUT2D eigenvalue weighted by atomic mass is 35.5. The number of halogens is 1. The van der Waals surface area contributed by atoms with Crippen LogP contribution >= 0.6 is 11.6 Å². The van der Waals surface area contributed by atoms with E-state index in [-0.39, 0.29) is 4.90 Å². The van der Waals surface area contributed by atoms with Crippen molar-refractivity contribution in [3.05, 3.63) is 58.6 Å². The Labute approximate surface area is 189 Å². The van der Waals surface area contributed by atoms with Gasteiger partial charge in [-0.25, -0.2) is 13.8 Å². The van der Waals surface area contributed by atoms with Gasteiger partial charge in [0.15, 0.2) is 0 Å². The van der Waals surface area contributed by atoms with Crippen molar-refractivity contribution in [3.8, 4) is 0 Å². The number of carbonyl (C=O) groups is 1. The van der Waals surface area contributed by atoms with Gasteiger partial charge in [0.1, 0.15) is 6.54 Å². The predicted molar refractivity (Wildman–Crippen MR) is 125 cm³/mol. The summed E-state index contributed by atoms with van der Waals surface area (Å²) in [7, 11) is -3.99. The van der Waals surface area contributed by atoms with Crippen LogP contribution in [0.3, 0.4) is 0 Å². The van der Waals surface area contributed by atoms with E-state index in [4.69, 9.17) is 11.6 Å². The Morgan fingerprint density at radius 1 is 1.03 bits per heavy atom. The third-order valence-corrected chi connectivity index (χ3v) is 7.61. The summed E-state index contributed by atoms with van der Waals surface area (Å²) >= 11 is 6.25. The number of amides is 1. The second-order valence-electron chi connectivity index (χ2n) is 7.84. The molecule has 1 fully saturated rings. The van der Waals surface area contributed by atoms with Crippen LogP contribution in [0.15, 0.2) is 52.5 Å². The Hall–Kier alpha value is -2.38. The van der Waals surface area contributed by atoms with Crippen molar-refractivity contribution in [3.63, 3.8) is 0 Å². The first-order valence-electron chi connectivity index (χ1n) is 10.5. The smallest absolute Gasteiger partial charge is 0.264 e. The van der Waals surface area contributed by atoms with Crippen LogP contribution in [0.5, 0.6) is 0 Å². The zero-order chi connectivity index (χ0) is 22.4. The number of carbonyl (C=O) groups excluding carboxylic acids is 1. The van der Waals surface area contributed by atoms with Crippen LogP contribution in [-0.4, -0.2) is 26.6 Å². The van der Waals surface area contributed by atoms with Crippen molar-refractivity contribution in [2.75, 3.05) is 10.8 Å².